The summed E-state index contributed by atoms with van der Waals surface area (Å²) in [6.45, 7) is 3.96. The molecule has 4 heteroatoms. The largest absolute Gasteiger partial charge is 0.357 e. The van der Waals surface area contributed by atoms with E-state index in [2.05, 4.69) is 24.5 Å². The molecule has 0 unspecified atom stereocenters. The SMILES string of the molecule is C[C@H](NC(=O)N1C[C@H]2CCCC[C@H]2C1)c1ccn(C)c1. The molecule has 110 valence electrons. The van der Waals surface area contributed by atoms with E-state index < -0.39 is 0 Å². The van der Waals surface area contributed by atoms with Crippen molar-refractivity contribution >= 4 is 6.03 Å². The number of likely N-dealkylation sites (tertiary alicyclic amines) is 1. The molecule has 1 aromatic rings. The third kappa shape index (κ3) is 2.69. The summed E-state index contributed by atoms with van der Waals surface area (Å²) in [7, 11) is 2.00. The van der Waals surface area contributed by atoms with Gasteiger partial charge in [-0.1, -0.05) is 12.8 Å². The molecule has 0 aromatic carbocycles. The molecule has 1 aliphatic carbocycles. The van der Waals surface area contributed by atoms with Crippen LogP contribution in [0.25, 0.3) is 0 Å². The zero-order chi connectivity index (χ0) is 14.1. The molecule has 20 heavy (non-hydrogen) atoms. The van der Waals surface area contributed by atoms with Crippen molar-refractivity contribution in [2.24, 2.45) is 18.9 Å². The minimum Gasteiger partial charge on any atom is -0.357 e. The summed E-state index contributed by atoms with van der Waals surface area (Å²) in [6.07, 6.45) is 9.39. The van der Waals surface area contributed by atoms with Crippen LogP contribution >= 0.6 is 0 Å². The van der Waals surface area contributed by atoms with Gasteiger partial charge in [0, 0.05) is 32.5 Å². The number of urea groups is 1. The van der Waals surface area contributed by atoms with Gasteiger partial charge >= 0.3 is 6.03 Å². The fourth-order valence-corrected chi connectivity index (χ4v) is 3.71. The lowest BCUT2D eigenvalue weighted by Gasteiger charge is -2.22. The molecule has 3 atom stereocenters. The van der Waals surface area contributed by atoms with E-state index in [1.807, 2.05) is 22.7 Å². The van der Waals surface area contributed by atoms with Crippen molar-refractivity contribution < 1.29 is 4.79 Å². The number of hydrogen-bond donors (Lipinski definition) is 1. The first kappa shape index (κ1) is 13.5. The molecule has 2 amide bonds. The highest BCUT2D eigenvalue weighted by atomic mass is 16.2. The van der Waals surface area contributed by atoms with Crippen LogP contribution in [-0.4, -0.2) is 28.6 Å². The van der Waals surface area contributed by atoms with Crippen molar-refractivity contribution in [2.45, 2.75) is 38.6 Å². The van der Waals surface area contributed by atoms with Gasteiger partial charge in [-0.15, -0.1) is 0 Å². The standard InChI is InChI=1S/C16H25N3O/c1-12(13-7-8-18(2)9-13)17-16(20)19-10-14-5-3-4-6-15(14)11-19/h7-9,12,14-15H,3-6,10-11H2,1-2H3,(H,17,20)/t12-,14-,15+/m0/s1. The molecule has 2 aliphatic rings. The van der Waals surface area contributed by atoms with E-state index in [1.165, 1.54) is 25.7 Å². The third-order valence-electron chi connectivity index (χ3n) is 4.96. The highest BCUT2D eigenvalue weighted by Gasteiger charge is 2.36. The number of nitrogens with zero attached hydrogens (tertiary/aromatic N) is 2. The second-order valence-corrected chi connectivity index (χ2v) is 6.49. The Kier molecular flexibility index (Phi) is 3.72. The smallest absolute Gasteiger partial charge is 0.317 e. The normalized spacial score (nSPS) is 27.2. The first-order chi connectivity index (χ1) is 9.63. The zero-order valence-corrected chi connectivity index (χ0v) is 12.5. The molecule has 1 aromatic heterocycles. The molecular formula is C16H25N3O. The molecule has 1 aliphatic heterocycles. The van der Waals surface area contributed by atoms with Gasteiger partial charge in [0.2, 0.25) is 0 Å². The van der Waals surface area contributed by atoms with E-state index in [1.54, 1.807) is 0 Å². The van der Waals surface area contributed by atoms with E-state index in [0.29, 0.717) is 0 Å². The van der Waals surface area contributed by atoms with Gasteiger partial charge in [-0.2, -0.15) is 0 Å². The maximum Gasteiger partial charge on any atom is 0.317 e. The molecule has 2 fully saturated rings. The van der Waals surface area contributed by atoms with Crippen LogP contribution in [0.3, 0.4) is 0 Å². The summed E-state index contributed by atoms with van der Waals surface area (Å²) in [4.78, 5) is 14.4. The summed E-state index contributed by atoms with van der Waals surface area (Å²) in [5.74, 6) is 1.50. The van der Waals surface area contributed by atoms with Crippen LogP contribution in [0.4, 0.5) is 4.79 Å². The number of hydrogen-bond acceptors (Lipinski definition) is 1. The number of carbonyl (C=O) groups excluding carboxylic acids is 1. The average Bonchev–Trinajstić information content (AvgIpc) is 3.04. The second-order valence-electron chi connectivity index (χ2n) is 6.49. The molecular weight excluding hydrogens is 250 g/mol. The lowest BCUT2D eigenvalue weighted by atomic mass is 9.82. The predicted octanol–water partition coefficient (Wildman–Crippen LogP) is 2.92. The molecule has 1 N–H and O–H groups in total. The Morgan fingerprint density at radius 3 is 2.50 bits per heavy atom. The number of nitrogens with one attached hydrogen (secondary N) is 1. The molecule has 0 bridgehead atoms. The van der Waals surface area contributed by atoms with Crippen LogP contribution in [0.15, 0.2) is 18.5 Å². The number of carbonyl (C=O) groups is 1. The van der Waals surface area contributed by atoms with Gasteiger partial charge in [0.05, 0.1) is 6.04 Å². The molecule has 2 heterocycles. The number of aromatic nitrogens is 1. The average molecular weight is 275 g/mol. The second kappa shape index (κ2) is 5.51. The van der Waals surface area contributed by atoms with Crippen LogP contribution in [-0.2, 0) is 7.05 Å². The first-order valence-corrected chi connectivity index (χ1v) is 7.81. The zero-order valence-electron chi connectivity index (χ0n) is 12.5. The summed E-state index contributed by atoms with van der Waals surface area (Å²) in [5.41, 5.74) is 1.16. The number of rotatable bonds is 2. The molecule has 3 rings (SSSR count). The fraction of sp³-hybridized carbons (Fsp3) is 0.688. The lowest BCUT2D eigenvalue weighted by molar-refractivity contribution is 0.203. The number of fused-ring (bicyclic) bond motifs is 1. The summed E-state index contributed by atoms with van der Waals surface area (Å²) >= 11 is 0. The maximum atomic E-state index is 12.4. The number of aryl methyl sites for hydroxylation is 1. The Morgan fingerprint density at radius 2 is 1.95 bits per heavy atom. The van der Waals surface area contributed by atoms with Crippen LogP contribution in [0.1, 0.15) is 44.2 Å². The van der Waals surface area contributed by atoms with Crippen LogP contribution in [0.2, 0.25) is 0 Å². The Bertz CT molecular complexity index is 468. The fourth-order valence-electron chi connectivity index (χ4n) is 3.71. The van der Waals surface area contributed by atoms with Gasteiger partial charge < -0.3 is 14.8 Å². The monoisotopic (exact) mass is 275 g/mol. The minimum atomic E-state index is 0.0753. The van der Waals surface area contributed by atoms with Crippen LogP contribution in [0, 0.1) is 11.8 Å². The molecule has 0 spiro atoms. The Balaban J connectivity index is 1.57. The Hall–Kier alpha value is -1.45. The first-order valence-electron chi connectivity index (χ1n) is 7.81. The van der Waals surface area contributed by atoms with Gasteiger partial charge in [0.25, 0.3) is 0 Å². The van der Waals surface area contributed by atoms with E-state index in [0.717, 1.165) is 30.5 Å². The van der Waals surface area contributed by atoms with E-state index in [-0.39, 0.29) is 12.1 Å². The minimum absolute atomic E-state index is 0.0753. The number of amides is 2. The van der Waals surface area contributed by atoms with Crippen molar-refractivity contribution in [2.75, 3.05) is 13.1 Å². The maximum absolute atomic E-state index is 12.4. The Morgan fingerprint density at radius 1 is 1.30 bits per heavy atom. The molecule has 1 saturated heterocycles. The van der Waals surface area contributed by atoms with Crippen molar-refractivity contribution in [3.05, 3.63) is 24.0 Å². The lowest BCUT2D eigenvalue weighted by Crippen LogP contribution is -2.39. The van der Waals surface area contributed by atoms with Crippen LogP contribution < -0.4 is 5.32 Å². The summed E-state index contributed by atoms with van der Waals surface area (Å²) < 4.78 is 2.02. The quantitative estimate of drug-likeness (QED) is 0.885. The highest BCUT2D eigenvalue weighted by Crippen LogP contribution is 2.36. The Labute approximate surface area is 121 Å². The van der Waals surface area contributed by atoms with Gasteiger partial charge in [0.1, 0.15) is 0 Å². The van der Waals surface area contributed by atoms with Gasteiger partial charge in [0.15, 0.2) is 0 Å². The topological polar surface area (TPSA) is 37.3 Å². The van der Waals surface area contributed by atoms with Gasteiger partial charge in [-0.3, -0.25) is 0 Å². The molecule has 1 saturated carbocycles. The van der Waals surface area contributed by atoms with Gasteiger partial charge in [-0.25, -0.2) is 4.79 Å². The van der Waals surface area contributed by atoms with E-state index in [4.69, 9.17) is 0 Å². The molecule has 0 radical (unpaired) electrons. The van der Waals surface area contributed by atoms with Crippen molar-refractivity contribution in [1.29, 1.82) is 0 Å². The molecule has 4 nitrogen and oxygen atoms in total. The summed E-state index contributed by atoms with van der Waals surface area (Å²) in [6, 6.07) is 2.25. The van der Waals surface area contributed by atoms with E-state index in [9.17, 15) is 4.79 Å². The van der Waals surface area contributed by atoms with Crippen molar-refractivity contribution in [3.63, 3.8) is 0 Å². The summed E-state index contributed by atoms with van der Waals surface area (Å²) in [5, 5.41) is 3.13. The van der Waals surface area contributed by atoms with E-state index >= 15 is 0 Å². The third-order valence-corrected chi connectivity index (χ3v) is 4.96. The van der Waals surface area contributed by atoms with Crippen molar-refractivity contribution in [3.8, 4) is 0 Å². The highest BCUT2D eigenvalue weighted by molar-refractivity contribution is 5.75. The van der Waals surface area contributed by atoms with Crippen molar-refractivity contribution in [1.82, 2.24) is 14.8 Å². The van der Waals surface area contributed by atoms with Crippen LogP contribution in [0.5, 0.6) is 0 Å². The predicted molar refractivity (Wildman–Crippen MR) is 79.4 cm³/mol. The van der Waals surface area contributed by atoms with Gasteiger partial charge in [-0.05, 0) is 43.2 Å².